The van der Waals surface area contributed by atoms with Gasteiger partial charge < -0.3 is 4.90 Å². The highest BCUT2D eigenvalue weighted by atomic mass is 35.5. The van der Waals surface area contributed by atoms with Gasteiger partial charge in [0.2, 0.25) is 0 Å². The molecule has 1 amide bonds. The summed E-state index contributed by atoms with van der Waals surface area (Å²) >= 11 is 7.57. The van der Waals surface area contributed by atoms with Gasteiger partial charge in [0.1, 0.15) is 10.7 Å². The van der Waals surface area contributed by atoms with Gasteiger partial charge in [-0.05, 0) is 53.5 Å². The molecule has 224 valence electrons. The molecule has 1 aliphatic heterocycles. The molecule has 0 atom stereocenters. The van der Waals surface area contributed by atoms with E-state index in [-0.39, 0.29) is 21.8 Å². The summed E-state index contributed by atoms with van der Waals surface area (Å²) in [4.78, 5) is 36.2. The van der Waals surface area contributed by atoms with Crippen LogP contribution in [-0.2, 0) is 4.79 Å². The van der Waals surface area contributed by atoms with Crippen molar-refractivity contribution in [1.29, 1.82) is 5.26 Å². The molecule has 0 radical (unpaired) electrons. The van der Waals surface area contributed by atoms with Crippen molar-refractivity contribution in [2.75, 3.05) is 26.2 Å². The number of hydrogen-bond donors (Lipinski definition) is 0. The second-order valence-electron chi connectivity index (χ2n) is 10.8. The van der Waals surface area contributed by atoms with Crippen molar-refractivity contribution in [3.63, 3.8) is 0 Å². The highest BCUT2D eigenvalue weighted by molar-refractivity contribution is 7.07. The Morgan fingerprint density at radius 3 is 2.20 bits per heavy atom. The molecule has 0 bridgehead atoms. The zero-order valence-electron chi connectivity index (χ0n) is 24.6. The number of carbonyl (C=O) groups is 1. The van der Waals surface area contributed by atoms with E-state index in [0.29, 0.717) is 47.0 Å². The summed E-state index contributed by atoms with van der Waals surface area (Å²) in [7, 11) is 0. The van der Waals surface area contributed by atoms with Crippen LogP contribution in [0, 0.1) is 18.3 Å². The minimum Gasteiger partial charge on any atom is -0.335 e. The minimum atomic E-state index is -0.393. The Hall–Kier alpha value is -4.81. The molecule has 3 heterocycles. The Bertz CT molecular complexity index is 2010. The van der Waals surface area contributed by atoms with Gasteiger partial charge in [0.15, 0.2) is 5.57 Å². The second-order valence-corrected chi connectivity index (χ2v) is 12.2. The summed E-state index contributed by atoms with van der Waals surface area (Å²) in [6.07, 6.45) is 5.05. The van der Waals surface area contributed by atoms with Crippen LogP contribution in [-0.4, -0.2) is 51.4 Å². The van der Waals surface area contributed by atoms with Crippen molar-refractivity contribution < 1.29 is 4.79 Å². The molecule has 0 spiro atoms. The molecule has 0 N–H and O–H groups in total. The Morgan fingerprint density at radius 2 is 1.60 bits per heavy atom. The highest BCUT2D eigenvalue weighted by Gasteiger charge is 2.30. The number of piperazine rings is 1. The Labute approximate surface area is 270 Å². The quantitative estimate of drug-likeness (QED) is 0.272. The molecule has 0 saturated carbocycles. The molecule has 0 unspecified atom stereocenters. The third-order valence-electron chi connectivity index (χ3n) is 8.02. The van der Waals surface area contributed by atoms with Crippen molar-refractivity contribution in [3.05, 3.63) is 150 Å². The van der Waals surface area contributed by atoms with Crippen molar-refractivity contribution in [3.8, 4) is 11.8 Å². The third-order valence-corrected chi connectivity index (χ3v) is 9.52. The molecule has 1 fully saturated rings. The molecule has 45 heavy (non-hydrogen) atoms. The minimum absolute atomic E-state index is 0.0444. The fraction of sp³-hybridized carbons (Fsp3) is 0.167. The summed E-state index contributed by atoms with van der Waals surface area (Å²) < 4.78 is 2.11. The summed E-state index contributed by atoms with van der Waals surface area (Å²) in [5.74, 6) is -0.393. The van der Waals surface area contributed by atoms with Crippen LogP contribution in [0.4, 0.5) is 0 Å². The summed E-state index contributed by atoms with van der Waals surface area (Å²) in [6.45, 7) is 3.97. The lowest BCUT2D eigenvalue weighted by atomic mass is 9.96. The number of aromatic nitrogens is 2. The van der Waals surface area contributed by atoms with E-state index in [1.54, 1.807) is 47.6 Å². The largest absolute Gasteiger partial charge is 0.335 e. The van der Waals surface area contributed by atoms with Crippen LogP contribution < -0.4 is 14.8 Å². The van der Waals surface area contributed by atoms with E-state index < -0.39 is 5.91 Å². The lowest BCUT2D eigenvalue weighted by Crippen LogP contribution is -2.50. The number of carbonyl (C=O) groups excluding carboxylic acids is 1. The topological polar surface area (TPSA) is 82.2 Å². The van der Waals surface area contributed by atoms with Crippen LogP contribution >= 0.6 is 22.9 Å². The van der Waals surface area contributed by atoms with Gasteiger partial charge in [-0.3, -0.25) is 24.0 Å². The van der Waals surface area contributed by atoms with Crippen LogP contribution in [0.15, 0.2) is 108 Å². The number of thiazole rings is 1. The first-order valence-corrected chi connectivity index (χ1v) is 15.8. The smallest absolute Gasteiger partial charge is 0.273 e. The highest BCUT2D eigenvalue weighted by Crippen LogP contribution is 2.29. The SMILES string of the molecule is Cc1c(Cl)cccc1-n1c(=O)/c(=C/c2cccnc2)s/c1=C(/C#N)C(=O)N1CCN(C(c2ccccc2)c2ccccc2)CC1. The summed E-state index contributed by atoms with van der Waals surface area (Å²) in [5.41, 5.74) is 3.92. The second kappa shape index (κ2) is 13.4. The number of hydrogen-bond acceptors (Lipinski definition) is 6. The maximum atomic E-state index is 14.1. The number of rotatable bonds is 6. The first kappa shape index (κ1) is 30.2. The number of pyridine rings is 1. The van der Waals surface area contributed by atoms with Gasteiger partial charge in [-0.1, -0.05) is 84.4 Å². The van der Waals surface area contributed by atoms with Gasteiger partial charge >= 0.3 is 0 Å². The Kier molecular flexibility index (Phi) is 9.03. The Balaban J connectivity index is 1.38. The van der Waals surface area contributed by atoms with E-state index in [0.717, 1.165) is 16.9 Å². The standard InChI is InChI=1S/C36H30ClN5O2S/c1-25-30(37)15-8-16-31(25)42-35(44)32(22-26-10-9-17-39-24-26)45-36(42)29(23-38)34(43)41-20-18-40(19-21-41)33(27-11-4-2-5-12-27)28-13-6-3-7-14-28/h2-17,22,24,33H,18-21H2,1H3/b32-22-,36-29-. The van der Waals surface area contributed by atoms with Crippen LogP contribution in [0.2, 0.25) is 5.02 Å². The molecule has 2 aromatic heterocycles. The van der Waals surface area contributed by atoms with Crippen LogP contribution in [0.25, 0.3) is 17.3 Å². The maximum absolute atomic E-state index is 14.1. The third kappa shape index (κ3) is 6.24. The molecule has 7 nitrogen and oxygen atoms in total. The number of amides is 1. The molecule has 0 aliphatic carbocycles. The Morgan fingerprint density at radius 1 is 0.933 bits per heavy atom. The lowest BCUT2D eigenvalue weighted by molar-refractivity contribution is -0.126. The van der Waals surface area contributed by atoms with Gasteiger partial charge in [-0.25, -0.2) is 0 Å². The predicted molar refractivity (Wildman–Crippen MR) is 179 cm³/mol. The van der Waals surface area contributed by atoms with Crippen molar-refractivity contribution in [2.45, 2.75) is 13.0 Å². The zero-order valence-corrected chi connectivity index (χ0v) is 26.2. The number of nitrogens with zero attached hydrogens (tertiary/aromatic N) is 5. The van der Waals surface area contributed by atoms with Crippen LogP contribution in [0.3, 0.4) is 0 Å². The first-order valence-electron chi connectivity index (χ1n) is 14.6. The molecule has 9 heteroatoms. The molecular formula is C36H30ClN5O2S. The van der Waals surface area contributed by atoms with E-state index in [4.69, 9.17) is 11.6 Å². The van der Waals surface area contributed by atoms with Gasteiger partial charge in [-0.2, -0.15) is 5.26 Å². The summed E-state index contributed by atoms with van der Waals surface area (Å²) in [6, 6.07) is 31.8. The lowest BCUT2D eigenvalue weighted by Gasteiger charge is -2.39. The monoisotopic (exact) mass is 631 g/mol. The number of nitriles is 1. The van der Waals surface area contributed by atoms with E-state index in [2.05, 4.69) is 40.2 Å². The zero-order chi connectivity index (χ0) is 31.3. The van der Waals surface area contributed by atoms with E-state index in [9.17, 15) is 14.9 Å². The normalized spacial score (nSPS) is 14.8. The average Bonchev–Trinajstić information content (AvgIpc) is 3.39. The van der Waals surface area contributed by atoms with Gasteiger partial charge in [0.25, 0.3) is 11.5 Å². The van der Waals surface area contributed by atoms with Crippen molar-refractivity contribution >= 4 is 40.5 Å². The maximum Gasteiger partial charge on any atom is 0.273 e. The van der Waals surface area contributed by atoms with Crippen molar-refractivity contribution in [1.82, 2.24) is 19.4 Å². The molecule has 5 aromatic rings. The summed E-state index contributed by atoms with van der Waals surface area (Å²) in [5, 5.41) is 10.9. The van der Waals surface area contributed by atoms with E-state index in [1.165, 1.54) is 15.7 Å². The first-order chi connectivity index (χ1) is 22.0. The molecule has 1 saturated heterocycles. The number of halogens is 1. The average molecular weight is 632 g/mol. The van der Waals surface area contributed by atoms with Crippen LogP contribution in [0.1, 0.15) is 28.3 Å². The number of benzene rings is 3. The van der Waals surface area contributed by atoms with E-state index in [1.807, 2.05) is 49.4 Å². The van der Waals surface area contributed by atoms with Gasteiger partial charge in [-0.15, -0.1) is 11.3 Å². The van der Waals surface area contributed by atoms with Gasteiger partial charge in [0.05, 0.1) is 16.3 Å². The van der Waals surface area contributed by atoms with E-state index >= 15 is 0 Å². The molecule has 3 aromatic carbocycles. The predicted octanol–water partition coefficient (Wildman–Crippen LogP) is 4.69. The fourth-order valence-electron chi connectivity index (χ4n) is 5.73. The van der Waals surface area contributed by atoms with Gasteiger partial charge in [0, 0.05) is 43.6 Å². The fourth-order valence-corrected chi connectivity index (χ4v) is 6.99. The molecular weight excluding hydrogens is 602 g/mol. The molecule has 1 aliphatic rings. The molecule has 6 rings (SSSR count). The van der Waals surface area contributed by atoms with Crippen LogP contribution in [0.5, 0.6) is 0 Å². The van der Waals surface area contributed by atoms with Crippen molar-refractivity contribution in [2.24, 2.45) is 0 Å².